The first-order valence-corrected chi connectivity index (χ1v) is 7.01. The van der Waals surface area contributed by atoms with Gasteiger partial charge in [0, 0.05) is 32.1 Å². The lowest BCUT2D eigenvalue weighted by Gasteiger charge is -2.41. The van der Waals surface area contributed by atoms with E-state index in [9.17, 15) is 9.59 Å². The SMILES string of the molecule is CCC(C)(C(=O)N1CCN2C(=O)CCC2C1)C(N)=NO. The van der Waals surface area contributed by atoms with Crippen molar-refractivity contribution in [2.45, 2.75) is 39.2 Å². The topological polar surface area (TPSA) is 99.2 Å². The average Bonchev–Trinajstić information content (AvgIpc) is 2.85. The van der Waals surface area contributed by atoms with Gasteiger partial charge in [-0.25, -0.2) is 0 Å². The molecule has 20 heavy (non-hydrogen) atoms. The summed E-state index contributed by atoms with van der Waals surface area (Å²) in [7, 11) is 0. The first kappa shape index (κ1) is 14.6. The smallest absolute Gasteiger partial charge is 0.236 e. The highest BCUT2D eigenvalue weighted by Crippen LogP contribution is 2.29. The molecule has 0 aromatic heterocycles. The molecule has 0 aromatic rings. The van der Waals surface area contributed by atoms with Crippen molar-refractivity contribution in [2.24, 2.45) is 16.3 Å². The number of amidine groups is 1. The maximum atomic E-state index is 12.7. The zero-order valence-electron chi connectivity index (χ0n) is 12.0. The van der Waals surface area contributed by atoms with Crippen LogP contribution in [-0.2, 0) is 9.59 Å². The molecule has 0 aromatic carbocycles. The molecule has 0 aliphatic carbocycles. The van der Waals surface area contributed by atoms with Crippen LogP contribution in [-0.4, -0.2) is 58.3 Å². The fraction of sp³-hybridized carbons (Fsp3) is 0.769. The van der Waals surface area contributed by atoms with E-state index in [0.717, 1.165) is 6.42 Å². The fourth-order valence-electron chi connectivity index (χ4n) is 2.95. The predicted octanol–water partition coefficient (Wildman–Crippen LogP) is -0.0177. The highest BCUT2D eigenvalue weighted by Gasteiger charge is 2.43. The first-order chi connectivity index (χ1) is 9.43. The summed E-state index contributed by atoms with van der Waals surface area (Å²) in [5.74, 6) is -0.0130. The number of nitrogens with two attached hydrogens (primary N) is 1. The Hall–Kier alpha value is -1.79. The van der Waals surface area contributed by atoms with Crippen LogP contribution in [0.3, 0.4) is 0 Å². The van der Waals surface area contributed by atoms with E-state index in [1.165, 1.54) is 0 Å². The van der Waals surface area contributed by atoms with Gasteiger partial charge in [-0.1, -0.05) is 12.1 Å². The van der Waals surface area contributed by atoms with Crippen molar-refractivity contribution in [3.05, 3.63) is 0 Å². The van der Waals surface area contributed by atoms with Gasteiger partial charge in [0.1, 0.15) is 5.41 Å². The average molecular weight is 282 g/mol. The van der Waals surface area contributed by atoms with Crippen LogP contribution < -0.4 is 5.73 Å². The van der Waals surface area contributed by atoms with Gasteiger partial charge in [0.2, 0.25) is 11.8 Å². The lowest BCUT2D eigenvalue weighted by molar-refractivity contribution is -0.143. The number of carbonyl (C=O) groups is 2. The van der Waals surface area contributed by atoms with E-state index in [1.54, 1.807) is 11.8 Å². The molecule has 0 saturated carbocycles. The van der Waals surface area contributed by atoms with Crippen LogP contribution in [0.5, 0.6) is 0 Å². The molecule has 2 heterocycles. The van der Waals surface area contributed by atoms with Crippen LogP contribution in [0.15, 0.2) is 5.16 Å². The van der Waals surface area contributed by atoms with Crippen molar-refractivity contribution >= 4 is 17.6 Å². The maximum Gasteiger partial charge on any atom is 0.236 e. The van der Waals surface area contributed by atoms with Gasteiger partial charge >= 0.3 is 0 Å². The molecule has 2 rings (SSSR count). The molecule has 2 aliphatic rings. The third kappa shape index (κ3) is 2.21. The monoisotopic (exact) mass is 282 g/mol. The molecule has 2 unspecified atom stereocenters. The van der Waals surface area contributed by atoms with Crippen molar-refractivity contribution in [1.29, 1.82) is 0 Å². The Bertz CT molecular complexity index is 451. The van der Waals surface area contributed by atoms with Crippen LogP contribution in [0.25, 0.3) is 0 Å². The number of oxime groups is 1. The summed E-state index contributed by atoms with van der Waals surface area (Å²) in [6.45, 7) is 5.15. The van der Waals surface area contributed by atoms with Crippen molar-refractivity contribution in [3.8, 4) is 0 Å². The Labute approximate surface area is 118 Å². The van der Waals surface area contributed by atoms with E-state index in [2.05, 4.69) is 5.16 Å². The normalized spacial score (nSPS) is 26.4. The zero-order chi connectivity index (χ0) is 14.9. The van der Waals surface area contributed by atoms with Gasteiger partial charge in [-0.2, -0.15) is 0 Å². The Morgan fingerprint density at radius 1 is 1.55 bits per heavy atom. The first-order valence-electron chi connectivity index (χ1n) is 7.01. The summed E-state index contributed by atoms with van der Waals surface area (Å²) in [4.78, 5) is 27.9. The molecule has 2 amide bonds. The van der Waals surface area contributed by atoms with E-state index in [-0.39, 0.29) is 23.7 Å². The Morgan fingerprint density at radius 3 is 2.85 bits per heavy atom. The minimum Gasteiger partial charge on any atom is -0.409 e. The molecule has 0 bridgehead atoms. The minimum atomic E-state index is -0.987. The van der Waals surface area contributed by atoms with Crippen molar-refractivity contribution < 1.29 is 14.8 Å². The number of hydrogen-bond acceptors (Lipinski definition) is 4. The third-order valence-corrected chi connectivity index (χ3v) is 4.63. The number of piperazine rings is 1. The predicted molar refractivity (Wildman–Crippen MR) is 73.1 cm³/mol. The maximum absolute atomic E-state index is 12.7. The largest absolute Gasteiger partial charge is 0.409 e. The molecular formula is C13H22N4O3. The van der Waals surface area contributed by atoms with Crippen molar-refractivity contribution in [2.75, 3.05) is 19.6 Å². The molecule has 0 spiro atoms. The molecule has 2 fully saturated rings. The number of amides is 2. The van der Waals surface area contributed by atoms with Crippen LogP contribution >= 0.6 is 0 Å². The summed E-state index contributed by atoms with van der Waals surface area (Å²) in [5, 5.41) is 11.9. The van der Waals surface area contributed by atoms with Gasteiger partial charge in [0.25, 0.3) is 0 Å². The second-order valence-corrected chi connectivity index (χ2v) is 5.70. The van der Waals surface area contributed by atoms with Crippen molar-refractivity contribution in [1.82, 2.24) is 9.80 Å². The van der Waals surface area contributed by atoms with Crippen LogP contribution in [0.2, 0.25) is 0 Å². The summed E-state index contributed by atoms with van der Waals surface area (Å²) >= 11 is 0. The Balaban J connectivity index is 2.12. The highest BCUT2D eigenvalue weighted by molar-refractivity contribution is 6.06. The Morgan fingerprint density at radius 2 is 2.25 bits per heavy atom. The molecule has 0 radical (unpaired) electrons. The molecule has 7 nitrogen and oxygen atoms in total. The fourth-order valence-corrected chi connectivity index (χ4v) is 2.95. The van der Waals surface area contributed by atoms with Crippen LogP contribution in [0.1, 0.15) is 33.1 Å². The van der Waals surface area contributed by atoms with Crippen LogP contribution in [0.4, 0.5) is 0 Å². The van der Waals surface area contributed by atoms with Gasteiger partial charge in [-0.15, -0.1) is 0 Å². The summed E-state index contributed by atoms with van der Waals surface area (Å²) in [6, 6.07) is 0.119. The van der Waals surface area contributed by atoms with E-state index < -0.39 is 5.41 Å². The lowest BCUT2D eigenvalue weighted by atomic mass is 9.84. The zero-order valence-corrected chi connectivity index (χ0v) is 12.0. The number of rotatable bonds is 3. The number of nitrogens with zero attached hydrogens (tertiary/aromatic N) is 3. The van der Waals surface area contributed by atoms with Gasteiger partial charge in [-0.3, -0.25) is 9.59 Å². The highest BCUT2D eigenvalue weighted by atomic mass is 16.4. The molecular weight excluding hydrogens is 260 g/mol. The second kappa shape index (κ2) is 5.30. The van der Waals surface area contributed by atoms with E-state index in [1.807, 2.05) is 11.8 Å². The van der Waals surface area contributed by atoms with Gasteiger partial charge in [-0.05, 0) is 19.8 Å². The van der Waals surface area contributed by atoms with E-state index in [4.69, 9.17) is 10.9 Å². The van der Waals surface area contributed by atoms with Gasteiger partial charge < -0.3 is 20.7 Å². The van der Waals surface area contributed by atoms with Gasteiger partial charge in [0.05, 0.1) is 0 Å². The van der Waals surface area contributed by atoms with Crippen LogP contribution in [0, 0.1) is 5.41 Å². The van der Waals surface area contributed by atoms with Crippen molar-refractivity contribution in [3.63, 3.8) is 0 Å². The molecule has 2 atom stereocenters. The second-order valence-electron chi connectivity index (χ2n) is 5.70. The number of carbonyl (C=O) groups excluding carboxylic acids is 2. The molecule has 3 N–H and O–H groups in total. The standard InChI is InChI=1S/C13H22N4O3/c1-3-13(2,11(14)15-20)12(19)16-6-7-17-9(8-16)4-5-10(17)18/h9,20H,3-8H2,1-2H3,(H2,14,15). The van der Waals surface area contributed by atoms with Gasteiger partial charge in [0.15, 0.2) is 5.84 Å². The molecule has 2 saturated heterocycles. The molecule has 2 aliphatic heterocycles. The quantitative estimate of drug-likeness (QED) is 0.329. The molecule has 7 heteroatoms. The number of hydrogen-bond donors (Lipinski definition) is 2. The lowest BCUT2D eigenvalue weighted by Crippen LogP contribution is -2.58. The third-order valence-electron chi connectivity index (χ3n) is 4.63. The Kier molecular flexibility index (Phi) is 3.87. The van der Waals surface area contributed by atoms with E-state index >= 15 is 0 Å². The summed E-state index contributed by atoms with van der Waals surface area (Å²) in [5.41, 5.74) is 4.70. The summed E-state index contributed by atoms with van der Waals surface area (Å²) < 4.78 is 0. The number of fused-ring (bicyclic) bond motifs is 1. The molecule has 112 valence electrons. The minimum absolute atomic E-state index is 0.0603. The summed E-state index contributed by atoms with van der Waals surface area (Å²) in [6.07, 6.45) is 1.83. The van der Waals surface area contributed by atoms with E-state index in [0.29, 0.717) is 32.5 Å².